The molecule has 96 valence electrons. The summed E-state index contributed by atoms with van der Waals surface area (Å²) < 4.78 is 43.0. The van der Waals surface area contributed by atoms with E-state index in [1.165, 1.54) is 6.07 Å². The summed E-state index contributed by atoms with van der Waals surface area (Å²) in [6.07, 6.45) is 1.06. The highest BCUT2D eigenvalue weighted by Gasteiger charge is 2.10. The maximum absolute atomic E-state index is 13.5. The van der Waals surface area contributed by atoms with Crippen LogP contribution >= 0.6 is 0 Å². The number of hydrogen-bond acceptors (Lipinski definition) is 3. The minimum Gasteiger partial charge on any atom is -0.460 e. The third kappa shape index (κ3) is 3.18. The molecule has 1 aromatic carbocycles. The standard InChI is InChI=1S/C12H12FNO3S/c1-18(15,16)14-8-9-6-7-12(17-9)10-4-2-3-5-11(10)13/h2-7,14H,8H2,1H3. The van der Waals surface area contributed by atoms with Gasteiger partial charge in [-0.05, 0) is 24.3 Å². The molecule has 6 heteroatoms. The van der Waals surface area contributed by atoms with E-state index >= 15 is 0 Å². The molecule has 0 spiro atoms. The number of rotatable bonds is 4. The van der Waals surface area contributed by atoms with Gasteiger partial charge in [-0.25, -0.2) is 17.5 Å². The molecule has 0 saturated carbocycles. The van der Waals surface area contributed by atoms with Gasteiger partial charge in [0, 0.05) is 0 Å². The number of furan rings is 1. The van der Waals surface area contributed by atoms with E-state index in [-0.39, 0.29) is 12.4 Å². The molecule has 0 fully saturated rings. The van der Waals surface area contributed by atoms with Crippen molar-refractivity contribution in [2.45, 2.75) is 6.54 Å². The summed E-state index contributed by atoms with van der Waals surface area (Å²) in [5.41, 5.74) is 0.350. The molecule has 0 aliphatic rings. The van der Waals surface area contributed by atoms with Crippen LogP contribution in [0.2, 0.25) is 0 Å². The first-order valence-electron chi connectivity index (χ1n) is 5.24. The van der Waals surface area contributed by atoms with Crippen LogP contribution in [0.1, 0.15) is 5.76 Å². The molecule has 4 nitrogen and oxygen atoms in total. The molecule has 0 atom stereocenters. The van der Waals surface area contributed by atoms with Gasteiger partial charge in [0.2, 0.25) is 10.0 Å². The first-order valence-corrected chi connectivity index (χ1v) is 7.13. The number of benzene rings is 1. The Morgan fingerprint density at radius 2 is 1.94 bits per heavy atom. The fourth-order valence-corrected chi connectivity index (χ4v) is 1.89. The summed E-state index contributed by atoms with van der Waals surface area (Å²) in [7, 11) is -3.27. The van der Waals surface area contributed by atoms with Crippen LogP contribution in [0.3, 0.4) is 0 Å². The molecule has 0 radical (unpaired) electrons. The Kier molecular flexibility index (Phi) is 3.49. The topological polar surface area (TPSA) is 59.3 Å². The summed E-state index contributed by atoms with van der Waals surface area (Å²) in [5.74, 6) is 0.423. The SMILES string of the molecule is CS(=O)(=O)NCc1ccc(-c2ccccc2F)o1. The fourth-order valence-electron chi connectivity index (χ4n) is 1.48. The van der Waals surface area contributed by atoms with Gasteiger partial charge in [0.25, 0.3) is 0 Å². The molecule has 0 aliphatic heterocycles. The zero-order chi connectivity index (χ0) is 13.2. The molecule has 1 N–H and O–H groups in total. The Balaban J connectivity index is 2.19. The minimum absolute atomic E-state index is 0.0489. The second kappa shape index (κ2) is 4.91. The lowest BCUT2D eigenvalue weighted by atomic mass is 10.1. The lowest BCUT2D eigenvalue weighted by molar-refractivity contribution is 0.506. The summed E-state index contributed by atoms with van der Waals surface area (Å²) in [4.78, 5) is 0. The second-order valence-corrected chi connectivity index (χ2v) is 5.67. The second-order valence-electron chi connectivity index (χ2n) is 3.84. The van der Waals surface area contributed by atoms with Gasteiger partial charge in [0.05, 0.1) is 18.4 Å². The van der Waals surface area contributed by atoms with Crippen LogP contribution in [-0.2, 0) is 16.6 Å². The highest BCUT2D eigenvalue weighted by atomic mass is 32.2. The smallest absolute Gasteiger partial charge is 0.209 e. The van der Waals surface area contributed by atoms with E-state index in [1.54, 1.807) is 30.3 Å². The van der Waals surface area contributed by atoms with Crippen molar-refractivity contribution in [1.29, 1.82) is 0 Å². The number of sulfonamides is 1. The van der Waals surface area contributed by atoms with E-state index < -0.39 is 10.0 Å². The van der Waals surface area contributed by atoms with E-state index in [0.717, 1.165) is 6.26 Å². The van der Waals surface area contributed by atoms with E-state index in [2.05, 4.69) is 4.72 Å². The normalized spacial score (nSPS) is 11.7. The van der Waals surface area contributed by atoms with Crippen molar-refractivity contribution in [2.75, 3.05) is 6.26 Å². The maximum Gasteiger partial charge on any atom is 0.209 e. The number of nitrogens with one attached hydrogen (secondary N) is 1. The predicted octanol–water partition coefficient (Wildman–Crippen LogP) is 2.13. The summed E-state index contributed by atoms with van der Waals surface area (Å²) >= 11 is 0. The molecule has 0 saturated heterocycles. The molecule has 18 heavy (non-hydrogen) atoms. The third-order valence-corrected chi connectivity index (χ3v) is 2.98. The van der Waals surface area contributed by atoms with E-state index in [9.17, 15) is 12.8 Å². The Bertz CT molecular complexity index is 649. The van der Waals surface area contributed by atoms with Crippen LogP contribution in [-0.4, -0.2) is 14.7 Å². The zero-order valence-corrected chi connectivity index (χ0v) is 10.5. The summed E-state index contributed by atoms with van der Waals surface area (Å²) in [6.45, 7) is 0.0489. The van der Waals surface area contributed by atoms with Crippen molar-refractivity contribution in [3.63, 3.8) is 0 Å². The lowest BCUT2D eigenvalue weighted by Gasteiger charge is -2.00. The third-order valence-electron chi connectivity index (χ3n) is 2.31. The first-order chi connectivity index (χ1) is 8.46. The van der Waals surface area contributed by atoms with E-state index in [4.69, 9.17) is 4.42 Å². The lowest BCUT2D eigenvalue weighted by Crippen LogP contribution is -2.20. The van der Waals surface area contributed by atoms with Crippen LogP contribution in [0, 0.1) is 5.82 Å². The first kappa shape index (κ1) is 12.8. The van der Waals surface area contributed by atoms with Crippen molar-refractivity contribution < 1.29 is 17.2 Å². The molecule has 0 unspecified atom stereocenters. The number of halogens is 1. The molecule has 1 aromatic heterocycles. The minimum atomic E-state index is -3.27. The molecule has 0 bridgehead atoms. The van der Waals surface area contributed by atoms with Crippen LogP contribution in [0.25, 0.3) is 11.3 Å². The quantitative estimate of drug-likeness (QED) is 0.925. The molecule has 0 aliphatic carbocycles. The molecule has 1 heterocycles. The van der Waals surface area contributed by atoms with Crippen LogP contribution in [0.4, 0.5) is 4.39 Å². The van der Waals surface area contributed by atoms with E-state index in [1.807, 2.05) is 0 Å². The van der Waals surface area contributed by atoms with Gasteiger partial charge in [-0.1, -0.05) is 12.1 Å². The van der Waals surface area contributed by atoms with Crippen LogP contribution < -0.4 is 4.72 Å². The Morgan fingerprint density at radius 1 is 1.22 bits per heavy atom. The average molecular weight is 269 g/mol. The fraction of sp³-hybridized carbons (Fsp3) is 0.167. The van der Waals surface area contributed by atoms with Gasteiger partial charge in [-0.2, -0.15) is 0 Å². The summed E-state index contributed by atoms with van der Waals surface area (Å²) in [5, 5.41) is 0. The molecular weight excluding hydrogens is 257 g/mol. The van der Waals surface area contributed by atoms with Gasteiger partial charge in [-0.3, -0.25) is 0 Å². The van der Waals surface area contributed by atoms with Gasteiger partial charge >= 0.3 is 0 Å². The van der Waals surface area contributed by atoms with Gasteiger partial charge in [0.15, 0.2) is 0 Å². The largest absolute Gasteiger partial charge is 0.460 e. The van der Waals surface area contributed by atoms with Crippen molar-refractivity contribution in [3.8, 4) is 11.3 Å². The summed E-state index contributed by atoms with van der Waals surface area (Å²) in [6, 6.07) is 9.45. The Morgan fingerprint density at radius 3 is 2.61 bits per heavy atom. The van der Waals surface area contributed by atoms with Gasteiger partial charge < -0.3 is 4.42 Å². The highest BCUT2D eigenvalue weighted by Crippen LogP contribution is 2.24. The molecule has 0 amide bonds. The molecule has 2 rings (SSSR count). The number of hydrogen-bond donors (Lipinski definition) is 1. The van der Waals surface area contributed by atoms with Crippen molar-refractivity contribution in [1.82, 2.24) is 4.72 Å². The van der Waals surface area contributed by atoms with Crippen molar-refractivity contribution >= 4 is 10.0 Å². The zero-order valence-electron chi connectivity index (χ0n) is 9.68. The maximum atomic E-state index is 13.5. The Labute approximate surface area is 104 Å². The van der Waals surface area contributed by atoms with Crippen LogP contribution in [0.15, 0.2) is 40.8 Å². The monoisotopic (exact) mass is 269 g/mol. The predicted molar refractivity (Wildman–Crippen MR) is 65.8 cm³/mol. The van der Waals surface area contributed by atoms with Gasteiger partial charge in [-0.15, -0.1) is 0 Å². The van der Waals surface area contributed by atoms with E-state index in [0.29, 0.717) is 17.1 Å². The molecule has 2 aromatic rings. The van der Waals surface area contributed by atoms with Crippen molar-refractivity contribution in [2.24, 2.45) is 0 Å². The average Bonchev–Trinajstić information content (AvgIpc) is 2.75. The highest BCUT2D eigenvalue weighted by molar-refractivity contribution is 7.88. The molecular formula is C12H12FNO3S. The van der Waals surface area contributed by atoms with Crippen LogP contribution in [0.5, 0.6) is 0 Å². The Hall–Kier alpha value is -1.66. The van der Waals surface area contributed by atoms with Gasteiger partial charge in [0.1, 0.15) is 17.3 Å². The van der Waals surface area contributed by atoms with Crippen molar-refractivity contribution in [3.05, 3.63) is 48.0 Å².